The normalized spacial score (nSPS) is 12.9. The predicted molar refractivity (Wildman–Crippen MR) is 116 cm³/mol. The number of rotatable bonds is 9. The Hall–Kier alpha value is -2.52. The minimum Gasteiger partial charge on any atom is -0.493 e. The Balaban J connectivity index is 1.72. The van der Waals surface area contributed by atoms with Crippen molar-refractivity contribution in [3.63, 3.8) is 0 Å². The largest absolute Gasteiger partial charge is 0.493 e. The Morgan fingerprint density at radius 2 is 2.00 bits per heavy atom. The molecule has 30 heavy (non-hydrogen) atoms. The molecule has 1 amide bonds. The second kappa shape index (κ2) is 10.5. The van der Waals surface area contributed by atoms with Gasteiger partial charge in [-0.05, 0) is 44.2 Å². The minimum atomic E-state index is -0.313. The topological polar surface area (TPSA) is 103 Å². The third-order valence-electron chi connectivity index (χ3n) is 5.00. The summed E-state index contributed by atoms with van der Waals surface area (Å²) in [4.78, 5) is 29.2. The van der Waals surface area contributed by atoms with Crippen molar-refractivity contribution in [3.8, 4) is 11.5 Å². The van der Waals surface area contributed by atoms with Gasteiger partial charge in [-0.3, -0.25) is 9.36 Å². The first kappa shape index (κ1) is 22.2. The highest BCUT2D eigenvalue weighted by Crippen LogP contribution is 2.31. The van der Waals surface area contributed by atoms with Crippen LogP contribution in [0.1, 0.15) is 30.5 Å². The first-order valence-electron chi connectivity index (χ1n) is 9.95. The highest BCUT2D eigenvalue weighted by atomic mass is 32.2. The van der Waals surface area contributed by atoms with Gasteiger partial charge >= 0.3 is 5.69 Å². The van der Waals surface area contributed by atoms with E-state index in [-0.39, 0.29) is 24.0 Å². The monoisotopic (exact) mass is 433 g/mol. The number of nitrogens with one attached hydrogen (secondary N) is 1. The lowest BCUT2D eigenvalue weighted by Gasteiger charge is -2.22. The average molecular weight is 434 g/mol. The number of aliphatic hydroxyl groups is 1. The molecule has 1 aromatic heterocycles. The van der Waals surface area contributed by atoms with Crippen molar-refractivity contribution in [1.29, 1.82) is 0 Å². The zero-order valence-electron chi connectivity index (χ0n) is 17.3. The van der Waals surface area contributed by atoms with Crippen molar-refractivity contribution in [2.45, 2.75) is 43.7 Å². The van der Waals surface area contributed by atoms with Gasteiger partial charge in [0.2, 0.25) is 5.91 Å². The third kappa shape index (κ3) is 5.14. The molecule has 2 N–H and O–H groups in total. The van der Waals surface area contributed by atoms with Gasteiger partial charge in [-0.15, -0.1) is 0 Å². The highest BCUT2D eigenvalue weighted by molar-refractivity contribution is 8.00. The van der Waals surface area contributed by atoms with Crippen LogP contribution in [0.2, 0.25) is 0 Å². The Kier molecular flexibility index (Phi) is 7.75. The van der Waals surface area contributed by atoms with Crippen LogP contribution in [0.3, 0.4) is 0 Å². The van der Waals surface area contributed by atoms with Crippen molar-refractivity contribution in [1.82, 2.24) is 9.55 Å². The first-order chi connectivity index (χ1) is 14.6. The molecule has 1 heterocycles. The maximum atomic E-state index is 12.5. The van der Waals surface area contributed by atoms with E-state index in [0.717, 1.165) is 36.9 Å². The molecule has 0 saturated carbocycles. The third-order valence-corrected chi connectivity index (χ3v) is 6.02. The van der Waals surface area contributed by atoms with E-state index in [1.54, 1.807) is 29.9 Å². The molecular weight excluding hydrogens is 406 g/mol. The van der Waals surface area contributed by atoms with Crippen LogP contribution in [0.5, 0.6) is 11.5 Å². The molecule has 0 bridgehead atoms. The molecule has 0 fully saturated rings. The summed E-state index contributed by atoms with van der Waals surface area (Å²) in [6, 6.07) is 5.17. The maximum Gasteiger partial charge on any atom is 0.348 e. The standard InChI is InChI=1S/C21H27N3O5S/c1-28-17-9-8-14(12-18(17)29-2)22-19(26)13-30-20-15-6-3-4-7-16(15)24(10-5-11-25)21(27)23-20/h8-9,12,25H,3-7,10-11,13H2,1-2H3,(H,22,26). The predicted octanol–water partition coefficient (Wildman–Crippen LogP) is 2.25. The number of carbonyl (C=O) groups is 1. The van der Waals surface area contributed by atoms with E-state index in [0.29, 0.717) is 35.2 Å². The molecule has 1 aliphatic rings. The summed E-state index contributed by atoms with van der Waals surface area (Å²) in [7, 11) is 3.09. The molecule has 8 nitrogen and oxygen atoms in total. The lowest BCUT2D eigenvalue weighted by molar-refractivity contribution is -0.113. The number of anilines is 1. The number of ether oxygens (including phenoxy) is 2. The van der Waals surface area contributed by atoms with Gasteiger partial charge in [-0.2, -0.15) is 4.98 Å². The lowest BCUT2D eigenvalue weighted by atomic mass is 9.97. The SMILES string of the molecule is COc1ccc(NC(=O)CSc2nc(=O)n(CCCO)c3c2CCCC3)cc1OC. The zero-order chi connectivity index (χ0) is 21.5. The van der Waals surface area contributed by atoms with E-state index in [1.807, 2.05) is 0 Å². The van der Waals surface area contributed by atoms with E-state index in [4.69, 9.17) is 14.6 Å². The number of hydrogen-bond donors (Lipinski definition) is 2. The number of hydrogen-bond acceptors (Lipinski definition) is 7. The molecule has 9 heteroatoms. The molecule has 0 radical (unpaired) electrons. The lowest BCUT2D eigenvalue weighted by Crippen LogP contribution is -2.30. The van der Waals surface area contributed by atoms with Crippen LogP contribution in [-0.4, -0.2) is 47.1 Å². The quantitative estimate of drug-likeness (QED) is 0.462. The van der Waals surface area contributed by atoms with Gasteiger partial charge < -0.3 is 19.9 Å². The van der Waals surface area contributed by atoms with Gasteiger partial charge in [-0.25, -0.2) is 4.79 Å². The summed E-state index contributed by atoms with van der Waals surface area (Å²) in [6.07, 6.45) is 4.26. The van der Waals surface area contributed by atoms with Crippen LogP contribution in [0.25, 0.3) is 0 Å². The second-order valence-electron chi connectivity index (χ2n) is 6.97. The molecule has 1 aromatic carbocycles. The van der Waals surface area contributed by atoms with Crippen molar-refractivity contribution in [3.05, 3.63) is 39.9 Å². The molecule has 0 atom stereocenters. The molecule has 0 saturated heterocycles. The van der Waals surface area contributed by atoms with Crippen LogP contribution < -0.4 is 20.5 Å². The molecule has 0 spiro atoms. The Labute approximate surface area is 179 Å². The summed E-state index contributed by atoms with van der Waals surface area (Å²) in [6.45, 7) is 0.503. The van der Waals surface area contributed by atoms with E-state index >= 15 is 0 Å². The number of aromatic nitrogens is 2. The highest BCUT2D eigenvalue weighted by Gasteiger charge is 2.21. The Bertz CT molecular complexity index is 960. The number of nitrogens with zero attached hydrogens (tertiary/aromatic N) is 2. The zero-order valence-corrected chi connectivity index (χ0v) is 18.1. The minimum absolute atomic E-state index is 0.0357. The van der Waals surface area contributed by atoms with Gasteiger partial charge in [0.15, 0.2) is 11.5 Å². The molecule has 0 aliphatic heterocycles. The Morgan fingerprint density at radius 1 is 1.23 bits per heavy atom. The number of carbonyl (C=O) groups excluding carboxylic acids is 1. The number of aliphatic hydroxyl groups excluding tert-OH is 1. The van der Waals surface area contributed by atoms with Crippen LogP contribution in [0, 0.1) is 0 Å². The van der Waals surface area contributed by atoms with Gasteiger partial charge in [-0.1, -0.05) is 11.8 Å². The summed E-state index contributed by atoms with van der Waals surface area (Å²) in [5.41, 5.74) is 2.35. The number of methoxy groups -OCH3 is 2. The maximum absolute atomic E-state index is 12.5. The fourth-order valence-corrected chi connectivity index (χ4v) is 4.45. The van der Waals surface area contributed by atoms with Crippen molar-refractivity contribution < 1.29 is 19.4 Å². The molecule has 0 unspecified atom stereocenters. The summed E-state index contributed by atoms with van der Waals surface area (Å²) < 4.78 is 12.1. The molecule has 3 rings (SSSR count). The molecule has 1 aliphatic carbocycles. The molecular formula is C21H27N3O5S. The van der Waals surface area contributed by atoms with E-state index in [1.165, 1.54) is 18.9 Å². The van der Waals surface area contributed by atoms with E-state index < -0.39 is 0 Å². The van der Waals surface area contributed by atoms with Gasteiger partial charge in [0.1, 0.15) is 5.03 Å². The fraction of sp³-hybridized carbons (Fsp3) is 0.476. The average Bonchev–Trinajstić information content (AvgIpc) is 2.77. The summed E-state index contributed by atoms with van der Waals surface area (Å²) in [5.74, 6) is 1.07. The summed E-state index contributed by atoms with van der Waals surface area (Å²) >= 11 is 1.28. The van der Waals surface area contributed by atoms with Gasteiger partial charge in [0.25, 0.3) is 0 Å². The number of amides is 1. The fourth-order valence-electron chi connectivity index (χ4n) is 3.57. The molecule has 162 valence electrons. The van der Waals surface area contributed by atoms with Gasteiger partial charge in [0, 0.05) is 36.2 Å². The van der Waals surface area contributed by atoms with Crippen molar-refractivity contribution in [2.75, 3.05) is 31.9 Å². The van der Waals surface area contributed by atoms with Crippen LogP contribution in [0.15, 0.2) is 28.0 Å². The first-order valence-corrected chi connectivity index (χ1v) is 10.9. The number of thioether (sulfide) groups is 1. The van der Waals surface area contributed by atoms with Crippen LogP contribution in [-0.2, 0) is 24.2 Å². The molecule has 2 aromatic rings. The second-order valence-corrected chi connectivity index (χ2v) is 7.93. The van der Waals surface area contributed by atoms with E-state index in [9.17, 15) is 9.59 Å². The van der Waals surface area contributed by atoms with Crippen LogP contribution >= 0.6 is 11.8 Å². The Morgan fingerprint density at radius 3 is 2.73 bits per heavy atom. The number of benzene rings is 1. The van der Waals surface area contributed by atoms with Crippen molar-refractivity contribution in [2.24, 2.45) is 0 Å². The smallest absolute Gasteiger partial charge is 0.348 e. The van der Waals surface area contributed by atoms with E-state index in [2.05, 4.69) is 10.3 Å². The number of fused-ring (bicyclic) bond motifs is 1. The summed E-state index contributed by atoms with van der Waals surface area (Å²) in [5, 5.41) is 12.6. The van der Waals surface area contributed by atoms with Gasteiger partial charge in [0.05, 0.1) is 20.0 Å². The van der Waals surface area contributed by atoms with Crippen LogP contribution in [0.4, 0.5) is 5.69 Å². The van der Waals surface area contributed by atoms with Crippen molar-refractivity contribution >= 4 is 23.4 Å².